The quantitative estimate of drug-likeness (QED) is 0.601. The van der Waals surface area contributed by atoms with E-state index in [9.17, 15) is 0 Å². The van der Waals surface area contributed by atoms with Crippen molar-refractivity contribution in [3.63, 3.8) is 0 Å². The van der Waals surface area contributed by atoms with Crippen LogP contribution in [0.15, 0.2) is 0 Å². The van der Waals surface area contributed by atoms with Crippen molar-refractivity contribution in [3.05, 3.63) is 12.8 Å². The largest absolute Gasteiger partial charge is 2.00 e. The van der Waals surface area contributed by atoms with E-state index in [1.54, 1.807) is 6.92 Å². The maximum atomic E-state index is 3.25. The fourth-order valence-electron chi connectivity index (χ4n) is 0. The third kappa shape index (κ3) is 11.5. The molecule has 0 aliphatic heterocycles. The minimum absolute atomic E-state index is 0. The van der Waals surface area contributed by atoms with Crippen molar-refractivity contribution in [2.45, 2.75) is 41.5 Å². The van der Waals surface area contributed by atoms with E-state index in [1.165, 1.54) is 5.92 Å². The van der Waals surface area contributed by atoms with Crippen molar-refractivity contribution < 1.29 is 21.1 Å². The SMILES string of the molecule is C[C-](C)C(C)(C)C.[CH2-]C.[W+2]. The van der Waals surface area contributed by atoms with E-state index in [4.69, 9.17) is 0 Å². The molecule has 0 aliphatic carbocycles. The molecule has 0 N–H and O–H groups in total. The molecule has 0 radical (unpaired) electrons. The zero-order valence-electron chi connectivity index (χ0n) is 8.12. The zero-order valence-corrected chi connectivity index (χ0v) is 11.0. The van der Waals surface area contributed by atoms with Crippen molar-refractivity contribution >= 4 is 0 Å². The van der Waals surface area contributed by atoms with E-state index in [2.05, 4.69) is 41.5 Å². The molecular formula is C9H20W. The van der Waals surface area contributed by atoms with Crippen LogP contribution in [-0.4, -0.2) is 0 Å². The number of hydrogen-bond donors (Lipinski definition) is 0. The van der Waals surface area contributed by atoms with Gasteiger partial charge in [-0.05, 0) is 0 Å². The van der Waals surface area contributed by atoms with E-state index >= 15 is 0 Å². The van der Waals surface area contributed by atoms with Gasteiger partial charge in [-0.2, -0.15) is 26.2 Å². The minimum Gasteiger partial charge on any atom is -0.346 e. The zero-order chi connectivity index (χ0) is 8.08. The maximum absolute atomic E-state index is 3.25. The molecule has 0 aromatic carbocycles. The summed E-state index contributed by atoms with van der Waals surface area (Å²) < 4.78 is 0. The van der Waals surface area contributed by atoms with Crippen molar-refractivity contribution in [2.75, 3.05) is 0 Å². The third-order valence-electron chi connectivity index (χ3n) is 1.50. The molecule has 0 heterocycles. The first-order valence-corrected chi connectivity index (χ1v) is 3.46. The molecular weight excluding hydrogens is 292 g/mol. The first-order chi connectivity index (χ1) is 3.94. The van der Waals surface area contributed by atoms with Gasteiger partial charge in [0.1, 0.15) is 0 Å². The normalized spacial score (nSPS) is 9.60. The molecule has 10 heavy (non-hydrogen) atoms. The molecule has 62 valence electrons. The Labute approximate surface area is 81.1 Å². The smallest absolute Gasteiger partial charge is 0.346 e. The van der Waals surface area contributed by atoms with Crippen LogP contribution < -0.4 is 0 Å². The van der Waals surface area contributed by atoms with Crippen LogP contribution in [0.1, 0.15) is 41.5 Å². The standard InChI is InChI=1S/C7H15.C2H5.W/c1-6(2)7(3,4)5;1-2;/h1-5H3;1H2,2H3;/q2*-1;+2. The van der Waals surface area contributed by atoms with Gasteiger partial charge >= 0.3 is 21.1 Å². The average molecular weight is 312 g/mol. The van der Waals surface area contributed by atoms with E-state index in [0.29, 0.717) is 5.41 Å². The minimum atomic E-state index is 0. The Morgan fingerprint density at radius 1 is 1.00 bits per heavy atom. The molecule has 0 rings (SSSR count). The first-order valence-electron chi connectivity index (χ1n) is 3.46. The molecule has 0 saturated carbocycles. The van der Waals surface area contributed by atoms with Crippen molar-refractivity contribution in [1.29, 1.82) is 0 Å². The fraction of sp³-hybridized carbons (Fsp3) is 0.778. The molecule has 0 saturated heterocycles. The van der Waals surface area contributed by atoms with Gasteiger partial charge in [0, 0.05) is 0 Å². The average Bonchev–Trinajstić information content (AvgIpc) is 1.69. The van der Waals surface area contributed by atoms with Crippen molar-refractivity contribution in [2.24, 2.45) is 5.41 Å². The summed E-state index contributed by atoms with van der Waals surface area (Å²) in [5.74, 6) is 1.49. The Kier molecular flexibility index (Phi) is 13.2. The predicted octanol–water partition coefficient (Wildman–Crippen LogP) is 3.48. The topological polar surface area (TPSA) is 0 Å². The third-order valence-corrected chi connectivity index (χ3v) is 1.50. The molecule has 1 heteroatoms. The van der Waals surface area contributed by atoms with E-state index in [1.807, 2.05) is 0 Å². The van der Waals surface area contributed by atoms with Gasteiger partial charge in [0.05, 0.1) is 0 Å². The summed E-state index contributed by atoms with van der Waals surface area (Å²) in [7, 11) is 0. The van der Waals surface area contributed by atoms with Crippen molar-refractivity contribution in [1.82, 2.24) is 0 Å². The summed E-state index contributed by atoms with van der Waals surface area (Å²) in [6, 6.07) is 0. The number of rotatable bonds is 0. The molecule has 0 atom stereocenters. The van der Waals surface area contributed by atoms with Crippen LogP contribution in [0, 0.1) is 18.3 Å². The van der Waals surface area contributed by atoms with E-state index < -0.39 is 0 Å². The summed E-state index contributed by atoms with van der Waals surface area (Å²) in [6.45, 7) is 16.0. The van der Waals surface area contributed by atoms with E-state index in [0.717, 1.165) is 0 Å². The predicted molar refractivity (Wildman–Crippen MR) is 45.1 cm³/mol. The number of hydrogen-bond acceptors (Lipinski definition) is 0. The van der Waals surface area contributed by atoms with Gasteiger partial charge in [-0.15, -0.1) is 0 Å². The molecule has 0 aromatic heterocycles. The second-order valence-corrected chi connectivity index (χ2v) is 3.25. The summed E-state index contributed by atoms with van der Waals surface area (Å²) in [5, 5.41) is 0. The molecule has 0 aliphatic rings. The fourth-order valence-corrected chi connectivity index (χ4v) is 0. The summed E-state index contributed by atoms with van der Waals surface area (Å²) >= 11 is 0. The first kappa shape index (κ1) is 17.0. The molecule has 0 bridgehead atoms. The summed E-state index contributed by atoms with van der Waals surface area (Å²) in [5.41, 5.74) is 0.417. The molecule has 0 spiro atoms. The van der Waals surface area contributed by atoms with Gasteiger partial charge in [-0.25, -0.2) is 0 Å². The van der Waals surface area contributed by atoms with Gasteiger partial charge in [0.2, 0.25) is 0 Å². The van der Waals surface area contributed by atoms with Crippen molar-refractivity contribution in [3.8, 4) is 0 Å². The molecule has 0 unspecified atom stereocenters. The van der Waals surface area contributed by atoms with Gasteiger partial charge in [-0.3, -0.25) is 0 Å². The second-order valence-electron chi connectivity index (χ2n) is 3.25. The molecule has 0 aromatic rings. The van der Waals surface area contributed by atoms with Gasteiger partial charge in [-0.1, -0.05) is 20.8 Å². The van der Waals surface area contributed by atoms with Crippen LogP contribution in [0.3, 0.4) is 0 Å². The van der Waals surface area contributed by atoms with Gasteiger partial charge < -0.3 is 12.8 Å². The van der Waals surface area contributed by atoms with Crippen LogP contribution >= 0.6 is 0 Å². The summed E-state index contributed by atoms with van der Waals surface area (Å²) in [6.07, 6.45) is 0. The molecule has 0 nitrogen and oxygen atoms in total. The van der Waals surface area contributed by atoms with Gasteiger partial charge in [0.25, 0.3) is 0 Å². The Morgan fingerprint density at radius 3 is 1.10 bits per heavy atom. The Balaban J connectivity index is -0.000000149. The van der Waals surface area contributed by atoms with Crippen LogP contribution in [0.4, 0.5) is 0 Å². The summed E-state index contributed by atoms with van der Waals surface area (Å²) in [4.78, 5) is 0. The van der Waals surface area contributed by atoms with Crippen LogP contribution in [0.2, 0.25) is 0 Å². The molecule has 0 amide bonds. The Hall–Kier alpha value is 0.688. The van der Waals surface area contributed by atoms with Crippen LogP contribution in [-0.2, 0) is 21.1 Å². The van der Waals surface area contributed by atoms with Crippen LogP contribution in [0.5, 0.6) is 0 Å². The van der Waals surface area contributed by atoms with E-state index in [-0.39, 0.29) is 21.1 Å². The van der Waals surface area contributed by atoms with Gasteiger partial charge in [0.15, 0.2) is 0 Å². The Morgan fingerprint density at radius 2 is 1.10 bits per heavy atom. The maximum Gasteiger partial charge on any atom is 2.00 e. The Bertz CT molecular complexity index is 50.2. The van der Waals surface area contributed by atoms with Crippen LogP contribution in [0.25, 0.3) is 0 Å². The molecule has 0 fully saturated rings. The second kappa shape index (κ2) is 7.79. The monoisotopic (exact) mass is 312 g/mol.